The topological polar surface area (TPSA) is 46.2 Å². The molecule has 1 aromatic carbocycles. The lowest BCUT2D eigenvalue weighted by atomic mass is 10.0. The first-order valence-corrected chi connectivity index (χ1v) is 10.5. The smallest absolute Gasteiger partial charge is 0.170 e. The van der Waals surface area contributed by atoms with Crippen molar-refractivity contribution < 1.29 is 8.81 Å². The quantitative estimate of drug-likeness (QED) is 0.409. The number of hydrogen-bond donors (Lipinski definition) is 1. The van der Waals surface area contributed by atoms with Crippen LogP contribution < -0.4 is 5.32 Å². The molecular formula is C23H18ClFN4OS. The largest absolute Gasteiger partial charge is 0.467 e. The van der Waals surface area contributed by atoms with Gasteiger partial charge in [0.1, 0.15) is 11.6 Å². The molecule has 31 heavy (non-hydrogen) atoms. The monoisotopic (exact) mass is 452 g/mol. The molecule has 1 saturated heterocycles. The van der Waals surface area contributed by atoms with Gasteiger partial charge >= 0.3 is 0 Å². The van der Waals surface area contributed by atoms with Gasteiger partial charge in [0.15, 0.2) is 5.11 Å². The Balaban J connectivity index is 1.61. The third kappa shape index (κ3) is 3.71. The minimum Gasteiger partial charge on any atom is -0.467 e. The molecule has 0 saturated carbocycles. The van der Waals surface area contributed by atoms with Gasteiger partial charge in [-0.2, -0.15) is 0 Å². The Bertz CT molecular complexity index is 1210. The van der Waals surface area contributed by atoms with Crippen LogP contribution in [-0.2, 0) is 6.54 Å². The second-order valence-corrected chi connectivity index (χ2v) is 8.03. The maximum Gasteiger partial charge on any atom is 0.170 e. The number of aromatic nitrogens is 2. The molecule has 2 atom stereocenters. The predicted molar refractivity (Wildman–Crippen MR) is 120 cm³/mol. The summed E-state index contributed by atoms with van der Waals surface area (Å²) in [5.74, 6) is 0.354. The Kier molecular flexibility index (Phi) is 5.21. The molecule has 0 unspecified atom stereocenters. The molecule has 1 aliphatic rings. The predicted octanol–water partition coefficient (Wildman–Crippen LogP) is 5.43. The van der Waals surface area contributed by atoms with Gasteiger partial charge in [0.2, 0.25) is 0 Å². The Morgan fingerprint density at radius 1 is 1.13 bits per heavy atom. The zero-order chi connectivity index (χ0) is 21.4. The van der Waals surface area contributed by atoms with Crippen molar-refractivity contribution in [2.24, 2.45) is 0 Å². The number of halogens is 2. The molecule has 8 heteroatoms. The highest BCUT2D eigenvalue weighted by Crippen LogP contribution is 2.40. The zero-order valence-corrected chi connectivity index (χ0v) is 17.9. The summed E-state index contributed by atoms with van der Waals surface area (Å²) in [6.45, 7) is 0.502. The highest BCUT2D eigenvalue weighted by atomic mass is 35.5. The average Bonchev–Trinajstić information content (AvgIpc) is 3.52. The molecule has 0 radical (unpaired) electrons. The Morgan fingerprint density at radius 2 is 2.03 bits per heavy atom. The molecular weight excluding hydrogens is 435 g/mol. The fraction of sp³-hybridized carbons (Fsp3) is 0.130. The first-order chi connectivity index (χ1) is 15.1. The molecule has 3 aromatic heterocycles. The van der Waals surface area contributed by atoms with E-state index < -0.39 is 5.82 Å². The molecule has 4 aromatic rings. The summed E-state index contributed by atoms with van der Waals surface area (Å²) in [7, 11) is 0. The summed E-state index contributed by atoms with van der Waals surface area (Å²) in [6, 6.07) is 17.9. The molecule has 4 heterocycles. The van der Waals surface area contributed by atoms with E-state index in [-0.39, 0.29) is 17.1 Å². The highest BCUT2D eigenvalue weighted by molar-refractivity contribution is 7.80. The minimum atomic E-state index is -0.450. The van der Waals surface area contributed by atoms with E-state index in [2.05, 4.69) is 15.2 Å². The lowest BCUT2D eigenvalue weighted by Gasteiger charge is -2.28. The number of nitrogens with zero attached hydrogens (tertiary/aromatic N) is 3. The van der Waals surface area contributed by atoms with E-state index in [1.54, 1.807) is 24.6 Å². The van der Waals surface area contributed by atoms with Crippen LogP contribution in [0.15, 0.2) is 83.7 Å². The summed E-state index contributed by atoms with van der Waals surface area (Å²) in [6.07, 6.45) is 5.35. The van der Waals surface area contributed by atoms with Gasteiger partial charge in [-0.15, -0.1) is 0 Å². The maximum atomic E-state index is 13.8. The van der Waals surface area contributed by atoms with E-state index in [0.717, 1.165) is 22.8 Å². The lowest BCUT2D eigenvalue weighted by molar-refractivity contribution is 0.280. The number of pyridine rings is 1. The van der Waals surface area contributed by atoms with Gasteiger partial charge in [0.05, 0.1) is 35.6 Å². The Hall–Kier alpha value is -3.16. The highest BCUT2D eigenvalue weighted by Gasteiger charge is 2.41. The van der Waals surface area contributed by atoms with Crippen LogP contribution in [0.25, 0.3) is 5.69 Å². The Labute approximate surface area is 189 Å². The summed E-state index contributed by atoms with van der Waals surface area (Å²) in [5, 5.41) is 4.11. The average molecular weight is 453 g/mol. The third-order valence-electron chi connectivity index (χ3n) is 5.37. The number of furan rings is 1. The molecule has 5 nitrogen and oxygen atoms in total. The van der Waals surface area contributed by atoms with E-state index in [1.807, 2.05) is 53.2 Å². The van der Waals surface area contributed by atoms with Crippen molar-refractivity contribution in [2.75, 3.05) is 0 Å². The van der Waals surface area contributed by atoms with Gasteiger partial charge in [-0.1, -0.05) is 17.7 Å². The van der Waals surface area contributed by atoms with Crippen molar-refractivity contribution in [1.29, 1.82) is 0 Å². The second-order valence-electron chi connectivity index (χ2n) is 7.24. The van der Waals surface area contributed by atoms with E-state index >= 15 is 0 Å². The number of hydrogen-bond acceptors (Lipinski definition) is 3. The first-order valence-electron chi connectivity index (χ1n) is 9.75. The molecule has 1 fully saturated rings. The number of benzene rings is 1. The molecule has 5 rings (SSSR count). The van der Waals surface area contributed by atoms with Crippen molar-refractivity contribution in [1.82, 2.24) is 19.8 Å². The van der Waals surface area contributed by atoms with Crippen LogP contribution in [-0.4, -0.2) is 19.6 Å². The van der Waals surface area contributed by atoms with E-state index in [4.69, 9.17) is 28.2 Å². The van der Waals surface area contributed by atoms with Crippen LogP contribution in [0.2, 0.25) is 5.02 Å². The van der Waals surface area contributed by atoms with Crippen molar-refractivity contribution in [2.45, 2.75) is 18.6 Å². The van der Waals surface area contributed by atoms with Gasteiger partial charge < -0.3 is 19.2 Å². The summed E-state index contributed by atoms with van der Waals surface area (Å²) in [5.41, 5.74) is 2.61. The van der Waals surface area contributed by atoms with Crippen molar-refractivity contribution in [3.8, 4) is 5.69 Å². The minimum absolute atomic E-state index is 0.0749. The van der Waals surface area contributed by atoms with Crippen molar-refractivity contribution in [3.05, 3.63) is 107 Å². The van der Waals surface area contributed by atoms with Gasteiger partial charge in [0.25, 0.3) is 0 Å². The summed E-state index contributed by atoms with van der Waals surface area (Å²) >= 11 is 11.8. The molecule has 0 spiro atoms. The van der Waals surface area contributed by atoms with Gasteiger partial charge in [0, 0.05) is 23.8 Å². The lowest BCUT2D eigenvalue weighted by Crippen LogP contribution is -2.29. The van der Waals surface area contributed by atoms with Gasteiger partial charge in [-0.05, 0) is 66.8 Å². The second kappa shape index (κ2) is 8.17. The van der Waals surface area contributed by atoms with Gasteiger partial charge in [-0.3, -0.25) is 4.98 Å². The number of rotatable bonds is 5. The molecule has 156 valence electrons. The molecule has 0 aliphatic carbocycles. The van der Waals surface area contributed by atoms with Crippen molar-refractivity contribution >= 4 is 28.9 Å². The van der Waals surface area contributed by atoms with Crippen LogP contribution in [0.1, 0.15) is 29.2 Å². The Morgan fingerprint density at radius 3 is 2.77 bits per heavy atom. The van der Waals surface area contributed by atoms with Crippen LogP contribution in [0.4, 0.5) is 4.39 Å². The maximum absolute atomic E-state index is 13.8. The molecule has 1 aliphatic heterocycles. The fourth-order valence-corrected chi connectivity index (χ4v) is 4.45. The van der Waals surface area contributed by atoms with Gasteiger partial charge in [-0.25, -0.2) is 4.39 Å². The standard InChI is InChI=1S/C23H18ClFN4OS/c24-17-13-15(8-9-18(17)25)28-11-3-7-20(28)22-21(19-6-1-2-10-26-19)27-23(31)29(22)14-16-5-4-12-30-16/h1-13,21-22H,14H2,(H,27,31)/t21-,22+/m1/s1. The number of thiocarbonyl (C=S) groups is 1. The fourth-order valence-electron chi connectivity index (χ4n) is 3.97. The normalized spacial score (nSPS) is 18.4. The van der Waals surface area contributed by atoms with E-state index in [9.17, 15) is 4.39 Å². The zero-order valence-electron chi connectivity index (χ0n) is 16.3. The first kappa shape index (κ1) is 19.8. The SMILES string of the molecule is Fc1ccc(-n2cccc2[C@H]2[C@@H](c3ccccn3)NC(=S)N2Cc2ccco2)cc1Cl. The number of nitrogens with one attached hydrogen (secondary N) is 1. The molecule has 0 amide bonds. The van der Waals surface area contributed by atoms with Crippen molar-refractivity contribution in [3.63, 3.8) is 0 Å². The third-order valence-corrected chi connectivity index (χ3v) is 6.01. The van der Waals surface area contributed by atoms with E-state index in [0.29, 0.717) is 11.7 Å². The molecule has 0 bridgehead atoms. The van der Waals surface area contributed by atoms with Crippen LogP contribution in [0.5, 0.6) is 0 Å². The van der Waals surface area contributed by atoms with Crippen LogP contribution >= 0.6 is 23.8 Å². The summed E-state index contributed by atoms with van der Waals surface area (Å²) in [4.78, 5) is 6.65. The van der Waals surface area contributed by atoms with Crippen LogP contribution in [0, 0.1) is 5.82 Å². The summed E-state index contributed by atoms with van der Waals surface area (Å²) < 4.78 is 21.3. The molecule has 1 N–H and O–H groups in total. The van der Waals surface area contributed by atoms with E-state index in [1.165, 1.54) is 6.07 Å². The van der Waals surface area contributed by atoms with Crippen LogP contribution in [0.3, 0.4) is 0 Å².